The molecule has 1 aromatic rings. The van der Waals surface area contributed by atoms with Crippen LogP contribution in [0.15, 0.2) is 34.3 Å². The van der Waals surface area contributed by atoms with E-state index in [9.17, 15) is 9.18 Å². The molecule has 0 heterocycles. The molecule has 0 aliphatic heterocycles. The lowest BCUT2D eigenvalue weighted by Gasteiger charge is -2.04. The summed E-state index contributed by atoms with van der Waals surface area (Å²) in [6.07, 6.45) is 1.87. The highest BCUT2D eigenvalue weighted by molar-refractivity contribution is 9.10. The Balaban J connectivity index is 2.73. The molecule has 0 radical (unpaired) electrons. The quantitative estimate of drug-likeness (QED) is 0.849. The summed E-state index contributed by atoms with van der Waals surface area (Å²) in [6, 6.07) is 4.29. The number of amides is 1. The van der Waals surface area contributed by atoms with Crippen LogP contribution in [0.5, 0.6) is 0 Å². The largest absolute Gasteiger partial charge is 0.348 e. The maximum absolute atomic E-state index is 13.3. The van der Waals surface area contributed by atoms with E-state index in [1.165, 1.54) is 12.1 Å². The molecule has 0 aromatic heterocycles. The highest BCUT2D eigenvalue weighted by atomic mass is 79.9. The number of allylic oxidation sites excluding steroid dienone is 1. The van der Waals surface area contributed by atoms with E-state index in [1.54, 1.807) is 6.07 Å². The average Bonchev–Trinajstić information content (AvgIpc) is 2.21. The fraction of sp³-hybridized carbons (Fsp3) is 0.250. The molecular formula is C12H13BrFNO. The molecule has 0 aliphatic carbocycles. The molecule has 0 aliphatic rings. The topological polar surface area (TPSA) is 29.1 Å². The predicted octanol–water partition coefficient (Wildman–Crippen LogP) is 3.28. The van der Waals surface area contributed by atoms with Gasteiger partial charge in [0.05, 0.1) is 5.56 Å². The van der Waals surface area contributed by atoms with E-state index in [0.29, 0.717) is 11.0 Å². The van der Waals surface area contributed by atoms with Crippen LogP contribution in [0.1, 0.15) is 24.2 Å². The van der Waals surface area contributed by atoms with E-state index in [1.807, 2.05) is 19.9 Å². The first-order valence-electron chi connectivity index (χ1n) is 4.87. The van der Waals surface area contributed by atoms with Gasteiger partial charge in [-0.3, -0.25) is 4.79 Å². The van der Waals surface area contributed by atoms with Crippen LogP contribution >= 0.6 is 15.9 Å². The number of benzene rings is 1. The summed E-state index contributed by atoms with van der Waals surface area (Å²) in [6.45, 7) is 4.28. The Hall–Kier alpha value is -1.16. The molecule has 4 heteroatoms. The molecule has 1 aromatic carbocycles. The summed E-state index contributed by atoms with van der Waals surface area (Å²) < 4.78 is 14.0. The Morgan fingerprint density at radius 1 is 1.50 bits per heavy atom. The number of nitrogens with one attached hydrogen (secondary N) is 1. The van der Waals surface area contributed by atoms with Gasteiger partial charge in [-0.15, -0.1) is 0 Å². The maximum atomic E-state index is 13.3. The molecule has 0 bridgehead atoms. The first-order valence-corrected chi connectivity index (χ1v) is 5.66. The fourth-order valence-electron chi connectivity index (χ4n) is 1.11. The van der Waals surface area contributed by atoms with Crippen molar-refractivity contribution in [1.29, 1.82) is 0 Å². The van der Waals surface area contributed by atoms with Gasteiger partial charge in [0, 0.05) is 11.0 Å². The molecular weight excluding hydrogens is 273 g/mol. The summed E-state index contributed by atoms with van der Waals surface area (Å²) in [5.74, 6) is -0.922. The Kier molecular flexibility index (Phi) is 4.68. The number of hydrogen-bond donors (Lipinski definition) is 1. The van der Waals surface area contributed by atoms with E-state index in [-0.39, 0.29) is 5.56 Å². The van der Waals surface area contributed by atoms with Gasteiger partial charge in [-0.2, -0.15) is 0 Å². The van der Waals surface area contributed by atoms with E-state index >= 15 is 0 Å². The van der Waals surface area contributed by atoms with Crippen molar-refractivity contribution in [3.63, 3.8) is 0 Å². The van der Waals surface area contributed by atoms with Crippen LogP contribution in [-0.4, -0.2) is 12.5 Å². The zero-order valence-corrected chi connectivity index (χ0v) is 10.8. The summed E-state index contributed by atoms with van der Waals surface area (Å²) in [5.41, 5.74) is 1.16. The van der Waals surface area contributed by atoms with Crippen molar-refractivity contribution >= 4 is 21.8 Å². The molecule has 0 atom stereocenters. The standard InChI is InChI=1S/C12H13BrFNO/c1-8(2)5-6-15-12(16)10-7-9(13)3-4-11(10)14/h3-5,7H,6H2,1-2H3,(H,15,16). The van der Waals surface area contributed by atoms with Gasteiger partial charge in [0.15, 0.2) is 0 Å². The van der Waals surface area contributed by atoms with Gasteiger partial charge in [-0.05, 0) is 32.0 Å². The van der Waals surface area contributed by atoms with Crippen molar-refractivity contribution in [2.45, 2.75) is 13.8 Å². The van der Waals surface area contributed by atoms with Crippen LogP contribution in [0.25, 0.3) is 0 Å². The van der Waals surface area contributed by atoms with Gasteiger partial charge in [0.25, 0.3) is 5.91 Å². The maximum Gasteiger partial charge on any atom is 0.254 e. The minimum atomic E-state index is -0.516. The molecule has 0 fully saturated rings. The van der Waals surface area contributed by atoms with Crippen LogP contribution in [-0.2, 0) is 0 Å². The first kappa shape index (κ1) is 12.9. The minimum Gasteiger partial charge on any atom is -0.348 e. The Labute approximate surface area is 103 Å². The van der Waals surface area contributed by atoms with Crippen molar-refractivity contribution in [2.75, 3.05) is 6.54 Å². The van der Waals surface area contributed by atoms with E-state index in [2.05, 4.69) is 21.2 Å². The monoisotopic (exact) mass is 285 g/mol. The molecule has 16 heavy (non-hydrogen) atoms. The summed E-state index contributed by atoms with van der Waals surface area (Å²) in [7, 11) is 0. The molecule has 86 valence electrons. The normalized spacial score (nSPS) is 9.75. The van der Waals surface area contributed by atoms with Crippen LogP contribution in [0, 0.1) is 5.82 Å². The fourth-order valence-corrected chi connectivity index (χ4v) is 1.48. The SMILES string of the molecule is CC(C)=CCNC(=O)c1cc(Br)ccc1F. The number of hydrogen-bond acceptors (Lipinski definition) is 1. The molecule has 1 rings (SSSR count). The summed E-state index contributed by atoms with van der Waals surface area (Å²) in [4.78, 5) is 11.6. The average molecular weight is 286 g/mol. The van der Waals surface area contributed by atoms with Gasteiger partial charge in [-0.25, -0.2) is 4.39 Å². The molecule has 0 saturated carbocycles. The molecule has 0 saturated heterocycles. The van der Waals surface area contributed by atoms with Gasteiger partial charge >= 0.3 is 0 Å². The smallest absolute Gasteiger partial charge is 0.254 e. The molecule has 0 unspecified atom stereocenters. The molecule has 0 spiro atoms. The molecule has 1 amide bonds. The van der Waals surface area contributed by atoms with Gasteiger partial charge in [0.1, 0.15) is 5.82 Å². The second kappa shape index (κ2) is 5.80. The van der Waals surface area contributed by atoms with Gasteiger partial charge in [-0.1, -0.05) is 27.6 Å². The van der Waals surface area contributed by atoms with Crippen LogP contribution in [0.2, 0.25) is 0 Å². The van der Waals surface area contributed by atoms with Crippen molar-refractivity contribution in [2.24, 2.45) is 0 Å². The number of carbonyl (C=O) groups is 1. The van der Waals surface area contributed by atoms with Crippen LogP contribution in [0.4, 0.5) is 4.39 Å². The number of rotatable bonds is 3. The van der Waals surface area contributed by atoms with Crippen LogP contribution in [0.3, 0.4) is 0 Å². The minimum absolute atomic E-state index is 0.0523. The lowest BCUT2D eigenvalue weighted by molar-refractivity contribution is 0.0954. The van der Waals surface area contributed by atoms with E-state index in [0.717, 1.165) is 5.57 Å². The van der Waals surface area contributed by atoms with Crippen LogP contribution < -0.4 is 5.32 Å². The second-order valence-corrected chi connectivity index (χ2v) is 4.53. The Morgan fingerprint density at radius 3 is 2.81 bits per heavy atom. The third-order valence-corrected chi connectivity index (χ3v) is 2.44. The van der Waals surface area contributed by atoms with Crippen molar-refractivity contribution in [3.8, 4) is 0 Å². The molecule has 1 N–H and O–H groups in total. The lowest BCUT2D eigenvalue weighted by Crippen LogP contribution is -2.24. The highest BCUT2D eigenvalue weighted by Gasteiger charge is 2.10. The van der Waals surface area contributed by atoms with E-state index in [4.69, 9.17) is 0 Å². The third-order valence-electron chi connectivity index (χ3n) is 1.95. The Bertz CT molecular complexity index is 425. The zero-order chi connectivity index (χ0) is 12.1. The van der Waals surface area contributed by atoms with Gasteiger partial charge < -0.3 is 5.32 Å². The Morgan fingerprint density at radius 2 is 2.19 bits per heavy atom. The number of halogens is 2. The van der Waals surface area contributed by atoms with E-state index < -0.39 is 11.7 Å². The summed E-state index contributed by atoms with van der Waals surface area (Å²) >= 11 is 3.20. The van der Waals surface area contributed by atoms with Crippen molar-refractivity contribution in [3.05, 3.63) is 45.7 Å². The highest BCUT2D eigenvalue weighted by Crippen LogP contribution is 2.15. The predicted molar refractivity (Wildman–Crippen MR) is 65.9 cm³/mol. The third kappa shape index (κ3) is 3.77. The zero-order valence-electron chi connectivity index (χ0n) is 9.18. The lowest BCUT2D eigenvalue weighted by atomic mass is 10.2. The summed E-state index contributed by atoms with van der Waals surface area (Å²) in [5, 5.41) is 2.62. The van der Waals surface area contributed by atoms with Crippen molar-refractivity contribution < 1.29 is 9.18 Å². The molecule has 2 nitrogen and oxygen atoms in total. The number of carbonyl (C=O) groups excluding carboxylic acids is 1. The first-order chi connectivity index (χ1) is 7.50. The second-order valence-electron chi connectivity index (χ2n) is 3.62. The van der Waals surface area contributed by atoms with Crippen molar-refractivity contribution in [1.82, 2.24) is 5.32 Å². The van der Waals surface area contributed by atoms with Gasteiger partial charge in [0.2, 0.25) is 0 Å².